The maximum atomic E-state index is 11.8. The van der Waals surface area contributed by atoms with Crippen molar-refractivity contribution in [1.29, 1.82) is 0 Å². The molecule has 0 radical (unpaired) electrons. The first-order chi connectivity index (χ1) is 11.8. The highest BCUT2D eigenvalue weighted by Crippen LogP contribution is 2.28. The van der Waals surface area contributed by atoms with Crippen LogP contribution in [0.4, 0.5) is 5.82 Å². The summed E-state index contributed by atoms with van der Waals surface area (Å²) >= 11 is 0. The van der Waals surface area contributed by atoms with Crippen LogP contribution in [0.1, 0.15) is 12.8 Å². The summed E-state index contributed by atoms with van der Waals surface area (Å²) in [5, 5.41) is 2.74. The standard InChI is InChI=1S/C18H18N4O2/c23-17(11-24-10-12-5-6-12)22-16-8-7-13(9-19-16)18-20-14-3-1-2-4-15(14)21-18/h1-4,7-9,12H,5-6,10-11H2,(H,20,21)(H,19,22,23). The third kappa shape index (κ3) is 3.44. The number of hydrogen-bond acceptors (Lipinski definition) is 4. The second-order valence-corrected chi connectivity index (χ2v) is 6.04. The van der Waals surface area contributed by atoms with Crippen molar-refractivity contribution in [1.82, 2.24) is 15.0 Å². The van der Waals surface area contributed by atoms with Gasteiger partial charge in [-0.2, -0.15) is 0 Å². The predicted octanol–water partition coefficient (Wildman–Crippen LogP) is 2.99. The molecule has 2 heterocycles. The molecule has 3 aromatic rings. The first kappa shape index (κ1) is 14.8. The lowest BCUT2D eigenvalue weighted by Gasteiger charge is -2.05. The number of carbonyl (C=O) groups excluding carboxylic acids is 1. The van der Waals surface area contributed by atoms with Crippen molar-refractivity contribution < 1.29 is 9.53 Å². The van der Waals surface area contributed by atoms with E-state index in [-0.39, 0.29) is 12.5 Å². The lowest BCUT2D eigenvalue weighted by molar-refractivity contribution is -0.120. The minimum atomic E-state index is -0.181. The average molecular weight is 322 g/mol. The first-order valence-corrected chi connectivity index (χ1v) is 8.07. The summed E-state index contributed by atoms with van der Waals surface area (Å²) in [4.78, 5) is 23.9. The smallest absolute Gasteiger partial charge is 0.251 e. The average Bonchev–Trinajstić information content (AvgIpc) is 3.31. The van der Waals surface area contributed by atoms with Crippen molar-refractivity contribution in [2.45, 2.75) is 12.8 Å². The number of H-pyrrole nitrogens is 1. The molecule has 0 aliphatic heterocycles. The lowest BCUT2D eigenvalue weighted by atomic mass is 10.2. The summed E-state index contributed by atoms with van der Waals surface area (Å²) < 4.78 is 5.36. The fourth-order valence-corrected chi connectivity index (χ4v) is 2.48. The molecule has 0 bridgehead atoms. The van der Waals surface area contributed by atoms with Crippen LogP contribution in [0.15, 0.2) is 42.6 Å². The molecule has 24 heavy (non-hydrogen) atoms. The summed E-state index contributed by atoms with van der Waals surface area (Å²) in [5.41, 5.74) is 2.77. The molecule has 2 aromatic heterocycles. The number of rotatable bonds is 6. The Hall–Kier alpha value is -2.73. The zero-order valence-corrected chi connectivity index (χ0v) is 13.2. The number of pyridine rings is 1. The van der Waals surface area contributed by atoms with Gasteiger partial charge in [-0.15, -0.1) is 0 Å². The molecule has 1 fully saturated rings. The van der Waals surface area contributed by atoms with Crippen LogP contribution in [0.25, 0.3) is 22.4 Å². The molecule has 0 spiro atoms. The maximum absolute atomic E-state index is 11.8. The molecule has 1 aliphatic carbocycles. The molecule has 122 valence electrons. The van der Waals surface area contributed by atoms with Crippen LogP contribution < -0.4 is 5.32 Å². The number of hydrogen-bond donors (Lipinski definition) is 2. The minimum Gasteiger partial charge on any atom is -0.371 e. The van der Waals surface area contributed by atoms with Gasteiger partial charge in [0.15, 0.2) is 0 Å². The van der Waals surface area contributed by atoms with Crippen LogP contribution in [-0.2, 0) is 9.53 Å². The van der Waals surface area contributed by atoms with E-state index in [1.54, 1.807) is 12.3 Å². The normalized spacial score (nSPS) is 14.0. The van der Waals surface area contributed by atoms with E-state index in [4.69, 9.17) is 4.74 Å². The first-order valence-electron chi connectivity index (χ1n) is 8.07. The number of anilines is 1. The Morgan fingerprint density at radius 2 is 2.12 bits per heavy atom. The fourth-order valence-electron chi connectivity index (χ4n) is 2.48. The van der Waals surface area contributed by atoms with Crippen molar-refractivity contribution >= 4 is 22.8 Å². The zero-order chi connectivity index (χ0) is 16.4. The van der Waals surface area contributed by atoms with Crippen LogP contribution >= 0.6 is 0 Å². The number of aromatic nitrogens is 3. The Morgan fingerprint density at radius 1 is 1.25 bits per heavy atom. The molecule has 6 heteroatoms. The van der Waals surface area contributed by atoms with E-state index < -0.39 is 0 Å². The van der Waals surface area contributed by atoms with Gasteiger partial charge in [0, 0.05) is 11.8 Å². The molecule has 6 nitrogen and oxygen atoms in total. The van der Waals surface area contributed by atoms with Gasteiger partial charge in [-0.05, 0) is 43.0 Å². The molecule has 0 unspecified atom stereocenters. The number of ether oxygens (including phenoxy) is 1. The van der Waals surface area contributed by atoms with E-state index in [1.807, 2.05) is 30.3 Å². The predicted molar refractivity (Wildman–Crippen MR) is 91.5 cm³/mol. The SMILES string of the molecule is O=C(COCC1CC1)Nc1ccc(-c2nc3ccccc3[nH]2)cn1. The van der Waals surface area contributed by atoms with Crippen molar-refractivity contribution in [3.63, 3.8) is 0 Å². The Kier molecular flexibility index (Phi) is 3.96. The van der Waals surface area contributed by atoms with Gasteiger partial charge in [0.1, 0.15) is 18.2 Å². The van der Waals surface area contributed by atoms with E-state index in [0.29, 0.717) is 18.3 Å². The van der Waals surface area contributed by atoms with E-state index in [1.165, 1.54) is 12.8 Å². The molecule has 4 rings (SSSR count). The minimum absolute atomic E-state index is 0.0729. The molecule has 2 N–H and O–H groups in total. The molecular weight excluding hydrogens is 304 g/mol. The van der Waals surface area contributed by atoms with Crippen LogP contribution in [0, 0.1) is 5.92 Å². The largest absolute Gasteiger partial charge is 0.371 e. The van der Waals surface area contributed by atoms with Crippen molar-refractivity contribution in [3.05, 3.63) is 42.6 Å². The maximum Gasteiger partial charge on any atom is 0.251 e. The van der Waals surface area contributed by atoms with Gasteiger partial charge in [-0.3, -0.25) is 4.79 Å². The second kappa shape index (κ2) is 6.41. The number of carbonyl (C=O) groups is 1. The van der Waals surface area contributed by atoms with Crippen molar-refractivity contribution in [3.8, 4) is 11.4 Å². The zero-order valence-electron chi connectivity index (χ0n) is 13.2. The van der Waals surface area contributed by atoms with Gasteiger partial charge in [0.2, 0.25) is 0 Å². The van der Waals surface area contributed by atoms with Gasteiger partial charge < -0.3 is 15.0 Å². The van der Waals surface area contributed by atoms with Crippen LogP contribution in [0.2, 0.25) is 0 Å². The molecule has 1 saturated carbocycles. The van der Waals surface area contributed by atoms with Crippen LogP contribution in [-0.4, -0.2) is 34.1 Å². The van der Waals surface area contributed by atoms with Gasteiger partial charge >= 0.3 is 0 Å². The van der Waals surface area contributed by atoms with Gasteiger partial charge in [-0.25, -0.2) is 9.97 Å². The highest BCUT2D eigenvalue weighted by Gasteiger charge is 2.21. The summed E-state index contributed by atoms with van der Waals surface area (Å²) in [6.45, 7) is 0.745. The number of imidazole rings is 1. The number of benzene rings is 1. The summed E-state index contributed by atoms with van der Waals surface area (Å²) in [6.07, 6.45) is 4.12. The molecule has 0 saturated heterocycles. The highest BCUT2D eigenvalue weighted by molar-refractivity contribution is 5.90. The van der Waals surface area contributed by atoms with E-state index in [2.05, 4.69) is 20.3 Å². The fraction of sp³-hybridized carbons (Fsp3) is 0.278. The van der Waals surface area contributed by atoms with E-state index in [0.717, 1.165) is 22.4 Å². The number of nitrogens with one attached hydrogen (secondary N) is 2. The van der Waals surface area contributed by atoms with Crippen LogP contribution in [0.3, 0.4) is 0 Å². The van der Waals surface area contributed by atoms with Crippen molar-refractivity contribution in [2.75, 3.05) is 18.5 Å². The Labute approximate surface area is 139 Å². The Balaban J connectivity index is 1.39. The van der Waals surface area contributed by atoms with Crippen LogP contribution in [0.5, 0.6) is 0 Å². The number of fused-ring (bicyclic) bond motifs is 1. The number of nitrogens with zero attached hydrogens (tertiary/aromatic N) is 2. The lowest BCUT2D eigenvalue weighted by Crippen LogP contribution is -2.19. The van der Waals surface area contributed by atoms with Crippen molar-refractivity contribution in [2.24, 2.45) is 5.92 Å². The topological polar surface area (TPSA) is 79.9 Å². The molecule has 1 amide bonds. The second-order valence-electron chi connectivity index (χ2n) is 6.04. The third-order valence-electron chi connectivity index (χ3n) is 3.98. The number of aromatic amines is 1. The number of amides is 1. The quantitative estimate of drug-likeness (QED) is 0.731. The molecule has 0 atom stereocenters. The van der Waals surface area contributed by atoms with E-state index in [9.17, 15) is 4.79 Å². The summed E-state index contributed by atoms with van der Waals surface area (Å²) in [6, 6.07) is 11.5. The van der Waals surface area contributed by atoms with Gasteiger partial charge in [-0.1, -0.05) is 12.1 Å². The third-order valence-corrected chi connectivity index (χ3v) is 3.98. The number of para-hydroxylation sites is 2. The van der Waals surface area contributed by atoms with Gasteiger partial charge in [0.25, 0.3) is 5.91 Å². The molecule has 1 aromatic carbocycles. The highest BCUT2D eigenvalue weighted by atomic mass is 16.5. The monoisotopic (exact) mass is 322 g/mol. The van der Waals surface area contributed by atoms with Gasteiger partial charge in [0.05, 0.1) is 17.6 Å². The Morgan fingerprint density at radius 3 is 2.88 bits per heavy atom. The van der Waals surface area contributed by atoms with E-state index >= 15 is 0 Å². The molecular formula is C18H18N4O2. The summed E-state index contributed by atoms with van der Waals surface area (Å²) in [7, 11) is 0. The summed E-state index contributed by atoms with van der Waals surface area (Å²) in [5.74, 6) is 1.74. The Bertz CT molecular complexity index is 820. The molecule has 1 aliphatic rings.